The Labute approximate surface area is 232 Å². The van der Waals surface area contributed by atoms with Gasteiger partial charge in [-0.05, 0) is 35.6 Å². The third-order valence-corrected chi connectivity index (χ3v) is 8.34. The summed E-state index contributed by atoms with van der Waals surface area (Å²) in [4.78, 5) is 29.0. The summed E-state index contributed by atoms with van der Waals surface area (Å²) in [7, 11) is -2.13. The van der Waals surface area contributed by atoms with Gasteiger partial charge in [0.25, 0.3) is 0 Å². The van der Waals surface area contributed by atoms with E-state index in [1.54, 1.807) is 35.2 Å². The van der Waals surface area contributed by atoms with Crippen molar-refractivity contribution in [3.05, 3.63) is 102 Å². The molecular weight excluding hydrogens is 510 g/mol. The van der Waals surface area contributed by atoms with Crippen LogP contribution in [0, 0.1) is 5.92 Å². The van der Waals surface area contributed by atoms with Crippen molar-refractivity contribution in [2.75, 3.05) is 20.1 Å². The normalized spacial score (nSPS) is 12.3. The first-order chi connectivity index (χ1) is 18.7. The number of nitrogens with zero attached hydrogens (tertiary/aromatic N) is 2. The maximum atomic E-state index is 13.7. The number of carbonyl (C=O) groups is 2. The highest BCUT2D eigenvalue weighted by Crippen LogP contribution is 2.18. The van der Waals surface area contributed by atoms with Gasteiger partial charge < -0.3 is 10.2 Å². The molecule has 0 aromatic heterocycles. The molecule has 0 heterocycles. The lowest BCUT2D eigenvalue weighted by Gasteiger charge is -2.32. The zero-order chi connectivity index (χ0) is 28.3. The van der Waals surface area contributed by atoms with Gasteiger partial charge in [-0.15, -0.1) is 0 Å². The van der Waals surface area contributed by atoms with Crippen molar-refractivity contribution in [2.24, 2.45) is 5.92 Å². The summed E-state index contributed by atoms with van der Waals surface area (Å²) in [6.07, 6.45) is 0.828. The van der Waals surface area contributed by atoms with Crippen LogP contribution in [0.5, 0.6) is 0 Å². The first kappa shape index (κ1) is 30.1. The summed E-state index contributed by atoms with van der Waals surface area (Å²) in [5, 5.41) is 3.02. The van der Waals surface area contributed by atoms with E-state index in [4.69, 9.17) is 0 Å². The van der Waals surface area contributed by atoms with Crippen molar-refractivity contribution in [3.8, 4) is 0 Å². The second-order valence-electron chi connectivity index (χ2n) is 10.1. The monoisotopic (exact) mass is 549 g/mol. The zero-order valence-electron chi connectivity index (χ0n) is 23.0. The SMILES string of the molecule is CC(C)CNC(=O)[C@H](Cc1ccccc1)N(Cc1ccccc1)C(=O)CCCN(C)S(=O)(=O)c1ccccc1. The van der Waals surface area contributed by atoms with Crippen LogP contribution in [0.15, 0.2) is 95.9 Å². The summed E-state index contributed by atoms with van der Waals surface area (Å²) < 4.78 is 27.0. The summed E-state index contributed by atoms with van der Waals surface area (Å²) in [5.41, 5.74) is 1.88. The molecule has 7 nitrogen and oxygen atoms in total. The smallest absolute Gasteiger partial charge is 0.243 e. The molecule has 0 saturated heterocycles. The van der Waals surface area contributed by atoms with E-state index >= 15 is 0 Å². The van der Waals surface area contributed by atoms with Crippen LogP contribution in [-0.2, 0) is 32.6 Å². The minimum Gasteiger partial charge on any atom is -0.354 e. The van der Waals surface area contributed by atoms with Crippen LogP contribution in [0.2, 0.25) is 0 Å². The van der Waals surface area contributed by atoms with Gasteiger partial charge in [-0.3, -0.25) is 9.59 Å². The molecule has 1 N–H and O–H groups in total. The molecule has 39 heavy (non-hydrogen) atoms. The van der Waals surface area contributed by atoms with Crippen molar-refractivity contribution in [3.63, 3.8) is 0 Å². The van der Waals surface area contributed by atoms with Gasteiger partial charge in [0.15, 0.2) is 0 Å². The largest absolute Gasteiger partial charge is 0.354 e. The fourth-order valence-electron chi connectivity index (χ4n) is 4.25. The van der Waals surface area contributed by atoms with E-state index in [-0.39, 0.29) is 42.1 Å². The molecule has 0 bridgehead atoms. The topological polar surface area (TPSA) is 86.8 Å². The Hall–Kier alpha value is -3.49. The number of hydrogen-bond donors (Lipinski definition) is 1. The third kappa shape index (κ3) is 9.04. The number of rotatable bonds is 14. The molecule has 0 fully saturated rings. The highest BCUT2D eigenvalue weighted by Gasteiger charge is 2.30. The Balaban J connectivity index is 1.79. The molecule has 0 aliphatic carbocycles. The van der Waals surface area contributed by atoms with Crippen LogP contribution in [0.1, 0.15) is 37.8 Å². The van der Waals surface area contributed by atoms with Crippen LogP contribution in [-0.4, -0.2) is 55.6 Å². The minimum absolute atomic E-state index is 0.115. The average molecular weight is 550 g/mol. The Bertz CT molecular complexity index is 1280. The maximum Gasteiger partial charge on any atom is 0.243 e. The van der Waals surface area contributed by atoms with Gasteiger partial charge >= 0.3 is 0 Å². The summed E-state index contributed by atoms with van der Waals surface area (Å²) >= 11 is 0. The molecule has 0 aliphatic heterocycles. The lowest BCUT2D eigenvalue weighted by molar-refractivity contribution is -0.141. The van der Waals surface area contributed by atoms with Gasteiger partial charge in [0.05, 0.1) is 4.90 Å². The Morgan fingerprint density at radius 2 is 1.36 bits per heavy atom. The number of sulfonamides is 1. The fraction of sp³-hybridized carbons (Fsp3) is 0.355. The number of carbonyl (C=O) groups excluding carboxylic acids is 2. The van der Waals surface area contributed by atoms with Crippen molar-refractivity contribution < 1.29 is 18.0 Å². The molecule has 1 atom stereocenters. The molecule has 3 aromatic rings. The first-order valence-electron chi connectivity index (χ1n) is 13.3. The van der Waals surface area contributed by atoms with Gasteiger partial charge in [0.1, 0.15) is 6.04 Å². The molecule has 8 heteroatoms. The van der Waals surface area contributed by atoms with E-state index < -0.39 is 16.1 Å². The molecule has 2 amide bonds. The Morgan fingerprint density at radius 1 is 0.821 bits per heavy atom. The van der Waals surface area contributed by atoms with E-state index in [1.807, 2.05) is 74.5 Å². The van der Waals surface area contributed by atoms with Crippen molar-refractivity contribution in [1.29, 1.82) is 0 Å². The molecule has 3 rings (SSSR count). The molecule has 208 valence electrons. The third-order valence-electron chi connectivity index (χ3n) is 6.47. The van der Waals surface area contributed by atoms with Gasteiger partial charge in [-0.1, -0.05) is 92.7 Å². The van der Waals surface area contributed by atoms with Gasteiger partial charge in [-0.25, -0.2) is 12.7 Å². The van der Waals surface area contributed by atoms with Gasteiger partial charge in [-0.2, -0.15) is 0 Å². The van der Waals surface area contributed by atoms with Crippen molar-refractivity contribution in [2.45, 2.75) is 50.6 Å². The lowest BCUT2D eigenvalue weighted by atomic mass is 10.0. The summed E-state index contributed by atoms with van der Waals surface area (Å²) in [5.74, 6) is -0.114. The number of amides is 2. The number of nitrogens with one attached hydrogen (secondary N) is 1. The van der Waals surface area contributed by atoms with Crippen LogP contribution >= 0.6 is 0 Å². The average Bonchev–Trinajstić information content (AvgIpc) is 2.95. The van der Waals surface area contributed by atoms with E-state index in [9.17, 15) is 18.0 Å². The van der Waals surface area contributed by atoms with Crippen LogP contribution < -0.4 is 5.32 Å². The molecule has 3 aromatic carbocycles. The highest BCUT2D eigenvalue weighted by molar-refractivity contribution is 7.89. The Kier molecular flexibility index (Phi) is 11.3. The highest BCUT2D eigenvalue weighted by atomic mass is 32.2. The molecule has 0 unspecified atom stereocenters. The fourth-order valence-corrected chi connectivity index (χ4v) is 5.48. The molecule has 0 saturated carbocycles. The van der Waals surface area contributed by atoms with Crippen molar-refractivity contribution in [1.82, 2.24) is 14.5 Å². The van der Waals surface area contributed by atoms with E-state index in [0.717, 1.165) is 11.1 Å². The molecule has 0 radical (unpaired) electrons. The summed E-state index contributed by atoms with van der Waals surface area (Å²) in [6.45, 7) is 5.04. The lowest BCUT2D eigenvalue weighted by Crippen LogP contribution is -2.51. The summed E-state index contributed by atoms with van der Waals surface area (Å²) in [6, 6.07) is 26.8. The second-order valence-corrected chi connectivity index (χ2v) is 12.1. The second kappa shape index (κ2) is 14.6. The zero-order valence-corrected chi connectivity index (χ0v) is 23.8. The Morgan fingerprint density at radius 3 is 1.92 bits per heavy atom. The van der Waals surface area contributed by atoms with Gasteiger partial charge in [0, 0.05) is 39.5 Å². The first-order valence-corrected chi connectivity index (χ1v) is 14.8. The predicted molar refractivity (Wildman–Crippen MR) is 154 cm³/mol. The van der Waals surface area contributed by atoms with Crippen molar-refractivity contribution >= 4 is 21.8 Å². The van der Waals surface area contributed by atoms with E-state index in [1.165, 1.54) is 11.4 Å². The number of benzene rings is 3. The van der Waals surface area contributed by atoms with Gasteiger partial charge in [0.2, 0.25) is 21.8 Å². The predicted octanol–water partition coefficient (Wildman–Crippen LogP) is 4.50. The maximum absolute atomic E-state index is 13.7. The molecule has 0 aliphatic rings. The minimum atomic E-state index is -3.65. The molecule has 0 spiro atoms. The van der Waals surface area contributed by atoms with E-state index in [0.29, 0.717) is 19.4 Å². The van der Waals surface area contributed by atoms with E-state index in [2.05, 4.69) is 5.32 Å². The van der Waals surface area contributed by atoms with Crippen LogP contribution in [0.4, 0.5) is 0 Å². The number of hydrogen-bond acceptors (Lipinski definition) is 4. The standard InChI is InChI=1S/C31H39N3O4S/c1-25(2)23-32-31(36)29(22-26-14-7-4-8-15-26)34(24-27-16-9-5-10-17-27)30(35)20-13-21-33(3)39(37,38)28-18-11-6-12-19-28/h4-12,14-19,25,29H,13,20-24H2,1-3H3,(H,32,36)/t29-/m0/s1. The quantitative estimate of drug-likeness (QED) is 0.321. The molecular formula is C31H39N3O4S. The van der Waals surface area contributed by atoms with Crippen LogP contribution in [0.3, 0.4) is 0 Å². The van der Waals surface area contributed by atoms with Crippen LogP contribution in [0.25, 0.3) is 0 Å².